The summed E-state index contributed by atoms with van der Waals surface area (Å²) in [4.78, 5) is 15.0. The average Bonchev–Trinajstić information content (AvgIpc) is 2.24. The number of thioether (sulfide) groups is 1. The van der Waals surface area contributed by atoms with Gasteiger partial charge in [0.2, 0.25) is 5.91 Å². The molecule has 0 spiro atoms. The molecule has 1 atom stereocenters. The van der Waals surface area contributed by atoms with E-state index < -0.39 is 5.41 Å². The van der Waals surface area contributed by atoms with Crippen LogP contribution in [0.2, 0.25) is 0 Å². The summed E-state index contributed by atoms with van der Waals surface area (Å²) in [6.45, 7) is 5.10. The van der Waals surface area contributed by atoms with Crippen LogP contribution in [0.1, 0.15) is 26.7 Å². The van der Waals surface area contributed by atoms with Crippen molar-refractivity contribution in [3.63, 3.8) is 0 Å². The third kappa shape index (κ3) is 2.19. The molecule has 1 unspecified atom stereocenters. The van der Waals surface area contributed by atoms with Crippen molar-refractivity contribution < 1.29 is 4.79 Å². The smallest absolute Gasteiger partial charge is 0.235 e. The van der Waals surface area contributed by atoms with Crippen molar-refractivity contribution in [2.75, 3.05) is 18.1 Å². The summed E-state index contributed by atoms with van der Waals surface area (Å²) in [6.07, 6.45) is 1.66. The monoisotopic (exact) mass is 272 g/mol. The Hall–Kier alpha value is -0.290. The van der Waals surface area contributed by atoms with Gasteiger partial charge < -0.3 is 10.6 Å². The molecule has 2 N–H and O–H groups in total. The fourth-order valence-corrected chi connectivity index (χ4v) is 4.18. The number of hydrogen-bond donors (Lipinski definition) is 1. The first-order valence-corrected chi connectivity index (χ1v) is 7.72. The summed E-state index contributed by atoms with van der Waals surface area (Å²) in [5.74, 6) is 2.79. The average molecular weight is 272 g/mol. The molecule has 0 radical (unpaired) electrons. The maximum absolute atomic E-state index is 12.6. The van der Waals surface area contributed by atoms with Gasteiger partial charge in [-0.05, 0) is 25.7 Å². The normalized spacial score (nSPS) is 37.4. The van der Waals surface area contributed by atoms with Gasteiger partial charge in [-0.25, -0.2) is 0 Å². The first kappa shape index (κ1) is 13.1. The van der Waals surface area contributed by atoms with Gasteiger partial charge in [-0.15, -0.1) is 0 Å². The van der Waals surface area contributed by atoms with Gasteiger partial charge in [0.15, 0.2) is 0 Å². The highest BCUT2D eigenvalue weighted by atomic mass is 32.2. The summed E-state index contributed by atoms with van der Waals surface area (Å²) in [7, 11) is 0. The number of hydrogen-bond acceptors (Lipinski definition) is 3. The van der Waals surface area contributed by atoms with Crippen LogP contribution in [-0.2, 0) is 4.79 Å². The minimum absolute atomic E-state index is 0.177. The number of thiocarbonyl (C=S) groups is 1. The van der Waals surface area contributed by atoms with Crippen molar-refractivity contribution in [2.45, 2.75) is 32.7 Å². The minimum atomic E-state index is -0.523. The van der Waals surface area contributed by atoms with Crippen LogP contribution in [0.15, 0.2) is 0 Å². The molecule has 1 aliphatic heterocycles. The molecule has 17 heavy (non-hydrogen) atoms. The molecule has 5 heteroatoms. The number of nitrogens with two attached hydrogens (primary N) is 1. The van der Waals surface area contributed by atoms with E-state index in [0.29, 0.717) is 16.9 Å². The first-order valence-electron chi connectivity index (χ1n) is 6.16. The molecule has 1 saturated carbocycles. The van der Waals surface area contributed by atoms with Gasteiger partial charge in [0.25, 0.3) is 0 Å². The Morgan fingerprint density at radius 2 is 2.12 bits per heavy atom. The van der Waals surface area contributed by atoms with Gasteiger partial charge in [-0.2, -0.15) is 11.8 Å². The molecule has 2 rings (SSSR count). The first-order chi connectivity index (χ1) is 7.97. The van der Waals surface area contributed by atoms with Crippen LogP contribution in [0, 0.1) is 11.3 Å². The van der Waals surface area contributed by atoms with Crippen LogP contribution in [0.3, 0.4) is 0 Å². The van der Waals surface area contributed by atoms with Gasteiger partial charge in [0, 0.05) is 24.1 Å². The highest BCUT2D eigenvalue weighted by molar-refractivity contribution is 7.99. The topological polar surface area (TPSA) is 46.3 Å². The Morgan fingerprint density at radius 1 is 1.47 bits per heavy atom. The molecule has 2 aliphatic rings. The molecule has 0 aromatic rings. The van der Waals surface area contributed by atoms with Gasteiger partial charge in [0.1, 0.15) is 0 Å². The number of amides is 1. The predicted octanol–water partition coefficient (Wildman–Crippen LogP) is 1.65. The molecule has 0 aromatic carbocycles. The Bertz CT molecular complexity index is 339. The van der Waals surface area contributed by atoms with Crippen LogP contribution in [0.25, 0.3) is 0 Å². The van der Waals surface area contributed by atoms with E-state index in [0.717, 1.165) is 30.9 Å². The summed E-state index contributed by atoms with van der Waals surface area (Å²) in [6, 6.07) is 0.309. The van der Waals surface area contributed by atoms with Crippen molar-refractivity contribution in [1.82, 2.24) is 4.90 Å². The van der Waals surface area contributed by atoms with Crippen molar-refractivity contribution >= 4 is 34.9 Å². The van der Waals surface area contributed by atoms with Crippen LogP contribution >= 0.6 is 24.0 Å². The Morgan fingerprint density at radius 3 is 2.59 bits per heavy atom. The Labute approximate surface area is 112 Å². The van der Waals surface area contributed by atoms with E-state index in [4.69, 9.17) is 18.0 Å². The van der Waals surface area contributed by atoms with Gasteiger partial charge in [-0.3, -0.25) is 4.79 Å². The largest absolute Gasteiger partial charge is 0.392 e. The molecule has 1 aliphatic carbocycles. The zero-order valence-corrected chi connectivity index (χ0v) is 12.1. The van der Waals surface area contributed by atoms with Crippen LogP contribution in [0.4, 0.5) is 0 Å². The van der Waals surface area contributed by atoms with Gasteiger partial charge in [-0.1, -0.05) is 19.1 Å². The number of carbonyl (C=O) groups is 1. The van der Waals surface area contributed by atoms with E-state index in [9.17, 15) is 4.79 Å². The van der Waals surface area contributed by atoms with Crippen LogP contribution < -0.4 is 5.73 Å². The van der Waals surface area contributed by atoms with Crippen molar-refractivity contribution in [3.05, 3.63) is 0 Å². The van der Waals surface area contributed by atoms with Crippen LogP contribution in [-0.4, -0.2) is 39.9 Å². The lowest BCUT2D eigenvalue weighted by Gasteiger charge is -2.48. The molecule has 0 aromatic heterocycles. The second-order valence-corrected chi connectivity index (χ2v) is 6.97. The van der Waals surface area contributed by atoms with Crippen molar-refractivity contribution in [1.29, 1.82) is 0 Å². The molecule has 96 valence electrons. The number of rotatable bonds is 2. The summed E-state index contributed by atoms with van der Waals surface area (Å²) in [5.41, 5.74) is 5.30. The lowest BCUT2D eigenvalue weighted by molar-refractivity contribution is -0.145. The molecule has 3 nitrogen and oxygen atoms in total. The zero-order chi connectivity index (χ0) is 12.6. The Kier molecular flexibility index (Phi) is 3.69. The van der Waals surface area contributed by atoms with E-state index in [-0.39, 0.29) is 5.91 Å². The fraction of sp³-hybridized carbons (Fsp3) is 0.833. The van der Waals surface area contributed by atoms with E-state index in [2.05, 4.69) is 13.8 Å². The van der Waals surface area contributed by atoms with Gasteiger partial charge >= 0.3 is 0 Å². The molecule has 1 saturated heterocycles. The highest BCUT2D eigenvalue weighted by Crippen LogP contribution is 2.47. The second-order valence-electron chi connectivity index (χ2n) is 5.38. The number of nitrogens with zero attached hydrogens (tertiary/aromatic N) is 1. The van der Waals surface area contributed by atoms with Crippen LogP contribution in [0.5, 0.6) is 0 Å². The molecule has 1 heterocycles. The van der Waals surface area contributed by atoms with E-state index >= 15 is 0 Å². The molecular formula is C12H20N2OS2. The summed E-state index contributed by atoms with van der Waals surface area (Å²) >= 11 is 7.05. The van der Waals surface area contributed by atoms with E-state index in [1.54, 1.807) is 0 Å². The molecular weight excluding hydrogens is 252 g/mol. The van der Waals surface area contributed by atoms with Gasteiger partial charge in [0.05, 0.1) is 10.4 Å². The maximum Gasteiger partial charge on any atom is 0.235 e. The van der Waals surface area contributed by atoms with Crippen molar-refractivity contribution in [3.8, 4) is 0 Å². The van der Waals surface area contributed by atoms with E-state index in [1.807, 2.05) is 16.7 Å². The Balaban J connectivity index is 2.14. The fourth-order valence-electron chi connectivity index (χ4n) is 2.91. The third-order valence-electron chi connectivity index (χ3n) is 3.90. The predicted molar refractivity (Wildman–Crippen MR) is 76.1 cm³/mol. The standard InChI is InChI=1S/C12H20N2OS2/c1-8-5-12(6-8,10(13)16)11(15)14-3-4-17-7-9(14)2/h8-9H,3-7H2,1-2H3,(H2,13,16). The van der Waals surface area contributed by atoms with Crippen molar-refractivity contribution in [2.24, 2.45) is 17.1 Å². The molecule has 2 fully saturated rings. The second kappa shape index (κ2) is 4.76. The quantitative estimate of drug-likeness (QED) is 0.777. The molecule has 1 amide bonds. The van der Waals surface area contributed by atoms with E-state index in [1.165, 1.54) is 0 Å². The SMILES string of the molecule is CC1CC(C(=O)N2CCSCC2C)(C(N)=S)C1. The highest BCUT2D eigenvalue weighted by Gasteiger charge is 2.53. The summed E-state index contributed by atoms with van der Waals surface area (Å²) < 4.78 is 0. The maximum atomic E-state index is 12.6. The third-order valence-corrected chi connectivity index (χ3v) is 5.48. The lowest BCUT2D eigenvalue weighted by atomic mass is 9.61. The minimum Gasteiger partial charge on any atom is -0.392 e. The number of carbonyl (C=O) groups excluding carboxylic acids is 1. The summed E-state index contributed by atoms with van der Waals surface area (Å²) in [5, 5.41) is 0. The molecule has 0 bridgehead atoms. The zero-order valence-electron chi connectivity index (χ0n) is 10.4. The lowest BCUT2D eigenvalue weighted by Crippen LogP contribution is -2.60.